The second-order valence-electron chi connectivity index (χ2n) is 9.28. The van der Waals surface area contributed by atoms with E-state index in [4.69, 9.17) is 4.74 Å². The first-order chi connectivity index (χ1) is 11.8. The average molecular weight is 346 g/mol. The second-order valence-corrected chi connectivity index (χ2v) is 9.28. The fourth-order valence-corrected chi connectivity index (χ4v) is 6.72. The third kappa shape index (κ3) is 2.43. The van der Waals surface area contributed by atoms with Crippen LogP contribution in [0.5, 0.6) is 0 Å². The van der Waals surface area contributed by atoms with Gasteiger partial charge in [-0.1, -0.05) is 25.5 Å². The normalized spacial score (nSPS) is 48.9. The molecular formula is C21H30O4. The molecule has 138 valence electrons. The van der Waals surface area contributed by atoms with Crippen molar-refractivity contribution in [1.82, 2.24) is 0 Å². The van der Waals surface area contributed by atoms with Crippen molar-refractivity contribution in [2.45, 2.75) is 77.9 Å². The van der Waals surface area contributed by atoms with Gasteiger partial charge in [0.1, 0.15) is 11.9 Å². The highest BCUT2D eigenvalue weighted by Gasteiger charge is 2.60. The Labute approximate surface area is 150 Å². The van der Waals surface area contributed by atoms with E-state index in [-0.39, 0.29) is 28.8 Å². The summed E-state index contributed by atoms with van der Waals surface area (Å²) in [5.41, 5.74) is 1.12. The Morgan fingerprint density at radius 1 is 1.16 bits per heavy atom. The number of aliphatic hydroxyl groups excluding tert-OH is 1. The lowest BCUT2D eigenvalue weighted by atomic mass is 9.47. The minimum absolute atomic E-state index is 0.0533. The molecule has 4 aliphatic rings. The Bertz CT molecular complexity index is 638. The van der Waals surface area contributed by atoms with Crippen molar-refractivity contribution in [3.63, 3.8) is 0 Å². The summed E-state index contributed by atoms with van der Waals surface area (Å²) in [6, 6.07) is 0. The topological polar surface area (TPSA) is 63.6 Å². The molecule has 0 amide bonds. The number of fused-ring (bicyclic) bond motifs is 5. The van der Waals surface area contributed by atoms with Crippen LogP contribution in [0.3, 0.4) is 0 Å². The smallest absolute Gasteiger partial charge is 0.302 e. The third-order valence-electron chi connectivity index (χ3n) is 8.13. The lowest BCUT2D eigenvalue weighted by Gasteiger charge is -2.58. The summed E-state index contributed by atoms with van der Waals surface area (Å²) in [4.78, 5) is 23.8. The molecule has 4 rings (SSSR count). The molecule has 0 spiro atoms. The van der Waals surface area contributed by atoms with Gasteiger partial charge in [-0.25, -0.2) is 0 Å². The van der Waals surface area contributed by atoms with E-state index in [1.165, 1.54) is 12.5 Å². The zero-order valence-electron chi connectivity index (χ0n) is 15.6. The van der Waals surface area contributed by atoms with Crippen LogP contribution in [0.25, 0.3) is 0 Å². The molecule has 7 atom stereocenters. The molecule has 0 radical (unpaired) electrons. The summed E-state index contributed by atoms with van der Waals surface area (Å²) in [6.07, 6.45) is 7.76. The lowest BCUT2D eigenvalue weighted by molar-refractivity contribution is -0.149. The van der Waals surface area contributed by atoms with Crippen molar-refractivity contribution in [1.29, 1.82) is 0 Å². The van der Waals surface area contributed by atoms with Gasteiger partial charge in [-0.15, -0.1) is 0 Å². The number of Topliss-reactive ketones (excluding diaryl/α,β-unsaturated/α-hetero) is 1. The molecule has 25 heavy (non-hydrogen) atoms. The fourth-order valence-electron chi connectivity index (χ4n) is 6.72. The lowest BCUT2D eigenvalue weighted by Crippen LogP contribution is -2.54. The van der Waals surface area contributed by atoms with Crippen LogP contribution in [0.2, 0.25) is 0 Å². The number of ketones is 1. The van der Waals surface area contributed by atoms with Crippen molar-refractivity contribution in [2.24, 2.45) is 28.6 Å². The van der Waals surface area contributed by atoms with E-state index < -0.39 is 6.10 Å². The van der Waals surface area contributed by atoms with E-state index in [1.54, 1.807) is 0 Å². The monoisotopic (exact) mass is 346 g/mol. The molecule has 4 nitrogen and oxygen atoms in total. The van der Waals surface area contributed by atoms with Gasteiger partial charge >= 0.3 is 5.97 Å². The maximum atomic E-state index is 12.5. The predicted molar refractivity (Wildman–Crippen MR) is 93.7 cm³/mol. The summed E-state index contributed by atoms with van der Waals surface area (Å²) >= 11 is 0. The highest BCUT2D eigenvalue weighted by molar-refractivity contribution is 5.87. The molecule has 3 fully saturated rings. The van der Waals surface area contributed by atoms with Crippen LogP contribution in [0.4, 0.5) is 0 Å². The van der Waals surface area contributed by atoms with E-state index in [2.05, 4.69) is 13.8 Å². The quantitative estimate of drug-likeness (QED) is 0.584. The Kier molecular flexibility index (Phi) is 3.91. The molecule has 0 saturated heterocycles. The van der Waals surface area contributed by atoms with Gasteiger partial charge in [0, 0.05) is 25.2 Å². The Balaban J connectivity index is 1.65. The van der Waals surface area contributed by atoms with Crippen LogP contribution in [-0.2, 0) is 14.3 Å². The number of carbonyl (C=O) groups is 2. The van der Waals surface area contributed by atoms with Crippen LogP contribution in [-0.4, -0.2) is 29.1 Å². The number of ether oxygens (including phenoxy) is 1. The van der Waals surface area contributed by atoms with Crippen LogP contribution < -0.4 is 0 Å². The van der Waals surface area contributed by atoms with E-state index in [0.29, 0.717) is 24.0 Å². The van der Waals surface area contributed by atoms with Crippen LogP contribution in [0, 0.1) is 28.6 Å². The van der Waals surface area contributed by atoms with Gasteiger partial charge in [0.15, 0.2) is 0 Å². The van der Waals surface area contributed by atoms with Gasteiger partial charge in [0.05, 0.1) is 6.10 Å². The predicted octanol–water partition coefficient (Wildman–Crippen LogP) is 3.42. The largest absolute Gasteiger partial charge is 0.462 e. The maximum Gasteiger partial charge on any atom is 0.302 e. The SMILES string of the molecule is CC(=O)O[C@@H]1CC[C@@]2(C)C(=C[C@H](O)[C@@H]3[C@@H]2CC[C@]2(C)C(=O)CC[C@@H]32)C1. The Hall–Kier alpha value is -1.16. The van der Waals surface area contributed by atoms with E-state index in [9.17, 15) is 14.7 Å². The molecule has 0 aromatic heterocycles. The van der Waals surface area contributed by atoms with Crippen molar-refractivity contribution in [3.05, 3.63) is 11.6 Å². The molecule has 4 heteroatoms. The van der Waals surface area contributed by atoms with Crippen molar-refractivity contribution < 1.29 is 19.4 Å². The Morgan fingerprint density at radius 2 is 1.84 bits per heavy atom. The minimum atomic E-state index is -0.473. The van der Waals surface area contributed by atoms with Crippen molar-refractivity contribution >= 4 is 11.8 Å². The number of rotatable bonds is 1. The maximum absolute atomic E-state index is 12.5. The number of esters is 1. The van der Waals surface area contributed by atoms with Crippen molar-refractivity contribution in [3.8, 4) is 0 Å². The molecule has 3 saturated carbocycles. The number of carbonyl (C=O) groups excluding carboxylic acids is 2. The van der Waals surface area contributed by atoms with E-state index >= 15 is 0 Å². The zero-order valence-corrected chi connectivity index (χ0v) is 15.6. The first-order valence-electron chi connectivity index (χ1n) is 9.85. The van der Waals surface area contributed by atoms with Gasteiger partial charge in [0.25, 0.3) is 0 Å². The molecular weight excluding hydrogens is 316 g/mol. The zero-order chi connectivity index (χ0) is 18.0. The van der Waals surface area contributed by atoms with Gasteiger partial charge in [0.2, 0.25) is 0 Å². The number of hydrogen-bond acceptors (Lipinski definition) is 4. The molecule has 0 unspecified atom stereocenters. The van der Waals surface area contributed by atoms with Crippen molar-refractivity contribution in [2.75, 3.05) is 0 Å². The molecule has 0 aliphatic heterocycles. The summed E-state index contributed by atoms with van der Waals surface area (Å²) in [5, 5.41) is 11.0. The molecule has 1 N–H and O–H groups in total. The fraction of sp³-hybridized carbons (Fsp3) is 0.810. The van der Waals surface area contributed by atoms with Gasteiger partial charge in [-0.2, -0.15) is 0 Å². The van der Waals surface area contributed by atoms with E-state index in [1.807, 2.05) is 6.08 Å². The second kappa shape index (κ2) is 5.67. The highest BCUT2D eigenvalue weighted by Crippen LogP contribution is 2.64. The molecule has 0 bridgehead atoms. The standard InChI is InChI=1S/C21H30O4/c1-12(22)25-14-6-8-20(2)13(10-14)11-17(23)19-15-4-5-18(24)21(15,3)9-7-16(19)20/h11,14-17,19,23H,4-10H2,1-3H3/t14-,15+,16+,17+,19+,20+,21+/m1/s1. The first-order valence-corrected chi connectivity index (χ1v) is 9.85. The number of aliphatic hydroxyl groups is 1. The first kappa shape index (κ1) is 17.3. The van der Waals surface area contributed by atoms with Gasteiger partial charge < -0.3 is 9.84 Å². The highest BCUT2D eigenvalue weighted by atomic mass is 16.5. The summed E-state index contributed by atoms with van der Waals surface area (Å²) in [6.45, 7) is 5.94. The molecule has 0 heterocycles. The molecule has 0 aromatic carbocycles. The molecule has 0 aromatic rings. The summed E-state index contributed by atoms with van der Waals surface area (Å²) in [7, 11) is 0. The average Bonchev–Trinajstić information content (AvgIpc) is 2.84. The third-order valence-corrected chi connectivity index (χ3v) is 8.13. The number of hydrogen-bond donors (Lipinski definition) is 1. The van der Waals surface area contributed by atoms with Gasteiger partial charge in [-0.05, 0) is 55.3 Å². The van der Waals surface area contributed by atoms with Gasteiger partial charge in [-0.3, -0.25) is 9.59 Å². The summed E-state index contributed by atoms with van der Waals surface area (Å²) < 4.78 is 5.45. The van der Waals surface area contributed by atoms with Crippen LogP contribution >= 0.6 is 0 Å². The van der Waals surface area contributed by atoms with E-state index in [0.717, 1.165) is 38.5 Å². The van der Waals surface area contributed by atoms with Crippen LogP contribution in [0.15, 0.2) is 11.6 Å². The summed E-state index contributed by atoms with van der Waals surface area (Å²) in [5.74, 6) is 1.13. The Morgan fingerprint density at radius 3 is 2.56 bits per heavy atom. The van der Waals surface area contributed by atoms with Crippen LogP contribution in [0.1, 0.15) is 65.7 Å². The minimum Gasteiger partial charge on any atom is -0.462 e. The molecule has 4 aliphatic carbocycles.